The van der Waals surface area contributed by atoms with Gasteiger partial charge >= 0.3 is 24.1 Å². The topological polar surface area (TPSA) is 207 Å². The van der Waals surface area contributed by atoms with E-state index >= 15 is 0 Å². The molecule has 16 heteroatoms. The van der Waals surface area contributed by atoms with Crippen LogP contribution in [0.2, 0.25) is 0 Å². The standard InChI is InChI=1S/C43H56N4O12/c1-24(2)36(44-42(54)56-5)38(50)46-20-8-12-32(46)40(52)58-22-34(48)27-16-14-26(15-17-27)28-18-19-31(30-11-7-10-29(28)30)35(49)23-59-41(53)33-13-9-21-47(33)39(51)37(25(3)4)45-43(55)57-6/h14-19,24-25,32-33,36-37,39,51H,7-13,20-23H2,1-6H3,(H,44,54)(H,45,55)/t32-,33-,36-,37-,39?/m0/s1. The van der Waals surface area contributed by atoms with Gasteiger partial charge in [-0.2, -0.15) is 0 Å². The zero-order chi connectivity index (χ0) is 43.0. The Morgan fingerprint density at radius 1 is 0.712 bits per heavy atom. The van der Waals surface area contributed by atoms with Crippen LogP contribution in [0.15, 0.2) is 36.4 Å². The fourth-order valence-corrected chi connectivity index (χ4v) is 8.20. The number of esters is 2. The van der Waals surface area contributed by atoms with E-state index in [1.165, 1.54) is 19.1 Å². The first-order chi connectivity index (χ1) is 28.2. The van der Waals surface area contributed by atoms with E-state index in [4.69, 9.17) is 14.2 Å². The van der Waals surface area contributed by atoms with Crippen molar-refractivity contribution < 1.29 is 57.6 Å². The van der Waals surface area contributed by atoms with Gasteiger partial charge in [-0.05, 0) is 79.0 Å². The average Bonchev–Trinajstić information content (AvgIpc) is 4.04. The van der Waals surface area contributed by atoms with Crippen LogP contribution in [-0.2, 0) is 46.2 Å². The molecule has 2 aromatic carbocycles. The highest BCUT2D eigenvalue weighted by Crippen LogP contribution is 2.35. The highest BCUT2D eigenvalue weighted by Gasteiger charge is 2.42. The predicted octanol–water partition coefficient (Wildman–Crippen LogP) is 3.83. The molecule has 0 bridgehead atoms. The number of aliphatic hydroxyl groups excluding tert-OH is 1. The maximum Gasteiger partial charge on any atom is 0.407 e. The number of nitrogens with one attached hydrogen (secondary N) is 2. The summed E-state index contributed by atoms with van der Waals surface area (Å²) in [6.07, 6.45) is 1.66. The molecule has 3 aliphatic rings. The zero-order valence-electron chi connectivity index (χ0n) is 34.6. The number of ether oxygens (including phenoxy) is 4. The molecule has 16 nitrogen and oxygen atoms in total. The Balaban J connectivity index is 1.18. The largest absolute Gasteiger partial charge is 0.456 e. The van der Waals surface area contributed by atoms with E-state index in [9.17, 15) is 38.7 Å². The second-order valence-corrected chi connectivity index (χ2v) is 15.9. The molecule has 5 atom stereocenters. The second-order valence-electron chi connectivity index (χ2n) is 15.9. The number of hydrogen-bond acceptors (Lipinski definition) is 13. The van der Waals surface area contributed by atoms with Gasteiger partial charge in [-0.25, -0.2) is 14.4 Å². The Hall–Kier alpha value is -5.35. The Morgan fingerprint density at radius 3 is 1.95 bits per heavy atom. The molecule has 1 unspecified atom stereocenters. The number of nitrogens with zero attached hydrogens (tertiary/aromatic N) is 2. The Morgan fingerprint density at radius 2 is 1.31 bits per heavy atom. The van der Waals surface area contributed by atoms with Crippen molar-refractivity contribution in [2.24, 2.45) is 11.8 Å². The summed E-state index contributed by atoms with van der Waals surface area (Å²) >= 11 is 0. The maximum atomic E-state index is 13.5. The van der Waals surface area contributed by atoms with Gasteiger partial charge in [-0.15, -0.1) is 0 Å². The molecule has 59 heavy (non-hydrogen) atoms. The first-order valence-corrected chi connectivity index (χ1v) is 20.2. The average molecular weight is 821 g/mol. The van der Waals surface area contributed by atoms with Crippen molar-refractivity contribution in [1.29, 1.82) is 0 Å². The molecule has 320 valence electrons. The number of aliphatic hydroxyl groups is 1. The van der Waals surface area contributed by atoms with Gasteiger partial charge in [0, 0.05) is 24.2 Å². The lowest BCUT2D eigenvalue weighted by Crippen LogP contribution is -2.56. The number of alkyl carbamates (subject to hydrolysis) is 2. The summed E-state index contributed by atoms with van der Waals surface area (Å²) in [5.41, 5.74) is 4.47. The zero-order valence-corrected chi connectivity index (χ0v) is 34.6. The third-order valence-corrected chi connectivity index (χ3v) is 11.4. The monoisotopic (exact) mass is 820 g/mol. The lowest BCUT2D eigenvalue weighted by atomic mass is 9.91. The molecule has 5 rings (SSSR count). The Kier molecular flexibility index (Phi) is 15.2. The van der Waals surface area contributed by atoms with Gasteiger partial charge in [0.05, 0.1) is 20.3 Å². The third-order valence-electron chi connectivity index (χ3n) is 11.4. The summed E-state index contributed by atoms with van der Waals surface area (Å²) < 4.78 is 20.3. The van der Waals surface area contributed by atoms with E-state index in [0.29, 0.717) is 56.3 Å². The van der Waals surface area contributed by atoms with Crippen LogP contribution in [0, 0.1) is 11.8 Å². The molecule has 0 radical (unpaired) electrons. The number of Topliss-reactive ketones (excluding diaryl/α,β-unsaturated/α-hetero) is 2. The predicted molar refractivity (Wildman–Crippen MR) is 213 cm³/mol. The van der Waals surface area contributed by atoms with Crippen molar-refractivity contribution in [3.05, 3.63) is 58.7 Å². The van der Waals surface area contributed by atoms with E-state index in [1.54, 1.807) is 49.1 Å². The van der Waals surface area contributed by atoms with E-state index < -0.39 is 79.4 Å². The molecule has 2 saturated heterocycles. The summed E-state index contributed by atoms with van der Waals surface area (Å²) in [6.45, 7) is 6.99. The summed E-state index contributed by atoms with van der Waals surface area (Å²) in [6, 6.07) is 7.26. The van der Waals surface area contributed by atoms with E-state index in [1.807, 2.05) is 19.9 Å². The molecule has 2 fully saturated rings. The van der Waals surface area contributed by atoms with Crippen molar-refractivity contribution in [1.82, 2.24) is 20.4 Å². The fraction of sp³-hybridized carbons (Fsp3) is 0.558. The van der Waals surface area contributed by atoms with Crippen molar-refractivity contribution in [2.45, 2.75) is 103 Å². The van der Waals surface area contributed by atoms with Gasteiger partial charge in [0.2, 0.25) is 11.7 Å². The molecule has 2 aromatic rings. The van der Waals surface area contributed by atoms with Crippen molar-refractivity contribution in [2.75, 3.05) is 40.5 Å². The van der Waals surface area contributed by atoms with Gasteiger partial charge in [-0.3, -0.25) is 24.1 Å². The molecule has 3 N–H and O–H groups in total. The smallest absolute Gasteiger partial charge is 0.407 e. The number of likely N-dealkylation sites (tertiary alicyclic amines) is 2. The summed E-state index contributed by atoms with van der Waals surface area (Å²) in [5.74, 6) is -2.90. The van der Waals surface area contributed by atoms with E-state index in [0.717, 1.165) is 35.1 Å². The molecule has 2 heterocycles. The van der Waals surface area contributed by atoms with Gasteiger partial charge in [0.15, 0.2) is 19.0 Å². The normalized spacial score (nSPS) is 19.1. The van der Waals surface area contributed by atoms with Crippen LogP contribution in [0.1, 0.15) is 91.6 Å². The third kappa shape index (κ3) is 10.5. The highest BCUT2D eigenvalue weighted by molar-refractivity contribution is 6.01. The van der Waals surface area contributed by atoms with Gasteiger partial charge in [0.25, 0.3) is 0 Å². The number of carbonyl (C=O) groups is 7. The summed E-state index contributed by atoms with van der Waals surface area (Å²) in [4.78, 5) is 93.0. The number of methoxy groups -OCH3 is 2. The lowest BCUT2D eigenvalue weighted by Gasteiger charge is -2.35. The molecule has 2 aliphatic heterocycles. The second kappa shape index (κ2) is 20.1. The van der Waals surface area contributed by atoms with Crippen molar-refractivity contribution in [3.63, 3.8) is 0 Å². The van der Waals surface area contributed by atoms with Crippen molar-refractivity contribution >= 4 is 41.6 Å². The first-order valence-electron chi connectivity index (χ1n) is 20.2. The van der Waals surface area contributed by atoms with Crippen LogP contribution in [0.5, 0.6) is 0 Å². The van der Waals surface area contributed by atoms with Crippen LogP contribution < -0.4 is 10.6 Å². The number of fused-ring (bicyclic) bond motifs is 1. The molecular formula is C43H56N4O12. The minimum absolute atomic E-state index is 0.163. The van der Waals surface area contributed by atoms with Crippen LogP contribution in [0.25, 0.3) is 11.1 Å². The maximum absolute atomic E-state index is 13.5. The minimum Gasteiger partial charge on any atom is -0.456 e. The van der Waals surface area contributed by atoms with Crippen LogP contribution in [0.4, 0.5) is 9.59 Å². The van der Waals surface area contributed by atoms with Crippen molar-refractivity contribution in [3.8, 4) is 11.1 Å². The Bertz CT molecular complexity index is 1900. The van der Waals surface area contributed by atoms with Gasteiger partial charge < -0.3 is 39.6 Å². The molecule has 0 spiro atoms. The van der Waals surface area contributed by atoms with Crippen LogP contribution in [0.3, 0.4) is 0 Å². The van der Waals surface area contributed by atoms with E-state index in [2.05, 4.69) is 15.4 Å². The highest BCUT2D eigenvalue weighted by atomic mass is 16.6. The number of benzene rings is 2. The quantitative estimate of drug-likeness (QED) is 0.125. The molecule has 1 aliphatic carbocycles. The van der Waals surface area contributed by atoms with Gasteiger partial charge in [0.1, 0.15) is 24.4 Å². The molecule has 0 aromatic heterocycles. The molecule has 3 amide bonds. The minimum atomic E-state index is -1.17. The number of ketones is 2. The molecular weight excluding hydrogens is 764 g/mol. The number of hydrogen-bond donors (Lipinski definition) is 3. The summed E-state index contributed by atoms with van der Waals surface area (Å²) in [7, 11) is 2.44. The first kappa shape index (κ1) is 44.7. The number of rotatable bonds is 16. The molecule has 0 saturated carbocycles. The van der Waals surface area contributed by atoms with Gasteiger partial charge in [-0.1, -0.05) is 64.1 Å². The van der Waals surface area contributed by atoms with Crippen LogP contribution >= 0.6 is 0 Å². The SMILES string of the molecule is COC(=O)N[C@@H](C(C)C)C(O)N1CCC[C@H]1C(=O)OCC(=O)c1ccc(-c2ccc(C(=O)COC(=O)[C@@H]3CCCN3C(=O)[C@@H](NC(=O)OC)C(C)C)cc2)c2c1CCC2. The fourth-order valence-electron chi connectivity index (χ4n) is 8.20. The van der Waals surface area contributed by atoms with E-state index in [-0.39, 0.29) is 17.6 Å². The number of amides is 3. The Labute approximate surface area is 344 Å². The van der Waals surface area contributed by atoms with Crippen LogP contribution in [-0.4, -0.2) is 127 Å². The summed E-state index contributed by atoms with van der Waals surface area (Å²) in [5, 5.41) is 16.3. The lowest BCUT2D eigenvalue weighted by molar-refractivity contribution is -0.153. The number of carbonyl (C=O) groups excluding carboxylic acids is 7.